The average Bonchev–Trinajstić information content (AvgIpc) is 3.59. The molecule has 4 rings (SSSR count). The Morgan fingerprint density at radius 3 is 2.08 bits per heavy atom. The van der Waals surface area contributed by atoms with Crippen LogP contribution in [-0.2, 0) is 13.3 Å². The lowest BCUT2D eigenvalue weighted by Gasteiger charge is -2.27. The molecule has 0 atom stereocenters. The third kappa shape index (κ3) is 6.29. The number of rotatable bonds is 13. The van der Waals surface area contributed by atoms with E-state index in [1.165, 1.54) is 0 Å². The molecule has 0 saturated heterocycles. The van der Waals surface area contributed by atoms with E-state index in [4.69, 9.17) is 17.7 Å². The van der Waals surface area contributed by atoms with Crippen molar-refractivity contribution in [2.75, 3.05) is 37.8 Å². The molecule has 0 N–H and O–H groups in total. The molecule has 0 aliphatic heterocycles. The summed E-state index contributed by atoms with van der Waals surface area (Å²) >= 11 is 3.21. The molecular weight excluding hydrogens is 547 g/mol. The van der Waals surface area contributed by atoms with Crippen molar-refractivity contribution in [1.29, 1.82) is 0 Å². The Morgan fingerprint density at radius 1 is 0.846 bits per heavy atom. The quantitative estimate of drug-likeness (QED) is 0.123. The molecule has 0 aliphatic carbocycles. The molecule has 3 heterocycles. The summed E-state index contributed by atoms with van der Waals surface area (Å²) in [5, 5.41) is 0.961. The third-order valence-corrected chi connectivity index (χ3v) is 12.3. The number of benzene rings is 1. The third-order valence-electron chi connectivity index (χ3n) is 6.50. The van der Waals surface area contributed by atoms with Crippen molar-refractivity contribution in [3.8, 4) is 10.4 Å². The Kier molecular flexibility index (Phi) is 9.98. The highest BCUT2D eigenvalue weighted by atomic mass is 32.1. The number of thiophene rings is 2. The van der Waals surface area contributed by atoms with E-state index in [1.807, 2.05) is 52.0 Å². The maximum Gasteiger partial charge on any atom is 0.547 e. The summed E-state index contributed by atoms with van der Waals surface area (Å²) in [5.74, 6) is 0. The normalized spacial score (nSPS) is 12.2. The van der Waals surface area contributed by atoms with Gasteiger partial charge >= 0.3 is 14.4 Å². The maximum absolute atomic E-state index is 13.1. The van der Waals surface area contributed by atoms with Gasteiger partial charge < -0.3 is 22.6 Å². The van der Waals surface area contributed by atoms with Crippen LogP contribution in [0, 0.1) is 6.92 Å². The number of hydrogen-bond acceptors (Lipinski definition) is 8. The fraction of sp³-hybridized carbons (Fsp3) is 0.367. The molecule has 9 heteroatoms. The summed E-state index contributed by atoms with van der Waals surface area (Å²) in [6.45, 7) is 15.5. The van der Waals surface area contributed by atoms with Gasteiger partial charge in [0, 0.05) is 64.7 Å². The molecular formula is C30H37NO5S2Si. The molecule has 0 radical (unpaired) electrons. The molecule has 6 nitrogen and oxygen atoms in total. The van der Waals surface area contributed by atoms with Crippen LogP contribution >= 0.6 is 22.7 Å². The van der Waals surface area contributed by atoms with Crippen molar-refractivity contribution in [3.63, 3.8) is 0 Å². The highest BCUT2D eigenvalue weighted by Crippen LogP contribution is 2.34. The standard InChI is InChI=1S/C30H37NO5S2Si/c1-7-31(8-2)22-12-17-25-21(6)29(30(32)36-26(25)20-22)27-18-15-23(37-27)13-14-24-16-19-28(38-24)39(33-9-3,34-10-4)35-11-5/h12-20H,7-11H2,1-6H3. The minimum atomic E-state index is -2.91. The predicted molar refractivity (Wildman–Crippen MR) is 168 cm³/mol. The second kappa shape index (κ2) is 13.2. The summed E-state index contributed by atoms with van der Waals surface area (Å²) in [5.41, 5.74) is 2.95. The largest absolute Gasteiger partial charge is 0.547 e. The van der Waals surface area contributed by atoms with Gasteiger partial charge in [0.2, 0.25) is 0 Å². The van der Waals surface area contributed by atoms with Crippen molar-refractivity contribution in [3.05, 3.63) is 68.2 Å². The van der Waals surface area contributed by atoms with Crippen LogP contribution in [0.4, 0.5) is 5.69 Å². The zero-order valence-electron chi connectivity index (χ0n) is 23.5. The molecule has 0 saturated carbocycles. The van der Waals surface area contributed by atoms with Crippen molar-refractivity contribution in [2.45, 2.75) is 41.5 Å². The molecule has 4 aromatic rings. The van der Waals surface area contributed by atoms with Crippen LogP contribution in [0.15, 0.2) is 51.7 Å². The maximum atomic E-state index is 13.1. The summed E-state index contributed by atoms with van der Waals surface area (Å²) < 4.78 is 25.0. The number of anilines is 1. The second-order valence-corrected chi connectivity index (χ2v) is 13.9. The summed E-state index contributed by atoms with van der Waals surface area (Å²) in [4.78, 5) is 18.4. The lowest BCUT2D eigenvalue weighted by atomic mass is 10.0. The van der Waals surface area contributed by atoms with Crippen LogP contribution in [0.1, 0.15) is 49.9 Å². The van der Waals surface area contributed by atoms with Crippen LogP contribution in [0.25, 0.3) is 33.6 Å². The van der Waals surface area contributed by atoms with Crippen LogP contribution in [-0.4, -0.2) is 41.7 Å². The Morgan fingerprint density at radius 2 is 1.46 bits per heavy atom. The van der Waals surface area contributed by atoms with E-state index < -0.39 is 8.80 Å². The molecule has 0 fully saturated rings. The summed E-state index contributed by atoms with van der Waals surface area (Å²) in [7, 11) is -2.91. The van der Waals surface area contributed by atoms with Gasteiger partial charge in [0.25, 0.3) is 0 Å². The highest BCUT2D eigenvalue weighted by Gasteiger charge is 2.44. The van der Waals surface area contributed by atoms with Gasteiger partial charge in [-0.3, -0.25) is 0 Å². The first-order valence-corrected chi connectivity index (χ1v) is 16.9. The molecule has 39 heavy (non-hydrogen) atoms. The molecule has 0 aliphatic rings. The van der Waals surface area contributed by atoms with Crippen molar-refractivity contribution < 1.29 is 17.7 Å². The Labute approximate surface area is 239 Å². The van der Waals surface area contributed by atoms with E-state index in [-0.39, 0.29) is 5.63 Å². The molecule has 0 spiro atoms. The Bertz CT molecular complexity index is 1470. The predicted octanol–water partition coefficient (Wildman–Crippen LogP) is 7.16. The van der Waals surface area contributed by atoms with Crippen molar-refractivity contribution in [2.24, 2.45) is 0 Å². The minimum Gasteiger partial charge on any atom is -0.422 e. The van der Waals surface area contributed by atoms with E-state index in [9.17, 15) is 4.79 Å². The fourth-order valence-corrected chi connectivity index (χ4v) is 9.82. The molecule has 0 unspecified atom stereocenters. The van der Waals surface area contributed by atoms with Crippen molar-refractivity contribution in [1.82, 2.24) is 0 Å². The number of fused-ring (bicyclic) bond motifs is 1. The first-order chi connectivity index (χ1) is 18.9. The lowest BCUT2D eigenvalue weighted by Crippen LogP contribution is -2.55. The first-order valence-electron chi connectivity index (χ1n) is 13.5. The number of aryl methyl sites for hydroxylation is 1. The minimum absolute atomic E-state index is 0.305. The van der Waals surface area contributed by atoms with E-state index in [0.29, 0.717) is 31.0 Å². The first kappa shape index (κ1) is 29.4. The van der Waals surface area contributed by atoms with Gasteiger partial charge in [-0.15, -0.1) is 22.7 Å². The van der Waals surface area contributed by atoms with Crippen LogP contribution in [0.2, 0.25) is 0 Å². The number of nitrogens with zero attached hydrogens (tertiary/aromatic N) is 1. The van der Waals surface area contributed by atoms with Gasteiger partial charge in [0.05, 0.1) is 10.1 Å². The van der Waals surface area contributed by atoms with Crippen LogP contribution < -0.4 is 15.0 Å². The van der Waals surface area contributed by atoms with Crippen LogP contribution in [0.3, 0.4) is 0 Å². The Hall–Kier alpha value is -2.53. The monoisotopic (exact) mass is 583 g/mol. The van der Waals surface area contributed by atoms with Gasteiger partial charge in [-0.25, -0.2) is 4.79 Å². The second-order valence-electron chi connectivity index (χ2n) is 8.83. The molecule has 0 bridgehead atoms. The zero-order chi connectivity index (χ0) is 28.0. The molecule has 1 aromatic carbocycles. The molecule has 208 valence electrons. The fourth-order valence-electron chi connectivity index (χ4n) is 4.67. The topological polar surface area (TPSA) is 61.1 Å². The lowest BCUT2D eigenvalue weighted by molar-refractivity contribution is 0.0866. The van der Waals surface area contributed by atoms with E-state index in [0.717, 1.165) is 48.9 Å². The molecule has 0 amide bonds. The smallest absolute Gasteiger partial charge is 0.422 e. The summed E-state index contributed by atoms with van der Waals surface area (Å²) in [6.07, 6.45) is 4.15. The van der Waals surface area contributed by atoms with Crippen LogP contribution in [0.5, 0.6) is 0 Å². The zero-order valence-corrected chi connectivity index (χ0v) is 26.2. The highest BCUT2D eigenvalue weighted by molar-refractivity contribution is 7.24. The van der Waals surface area contributed by atoms with Gasteiger partial charge in [-0.1, -0.05) is 0 Å². The van der Waals surface area contributed by atoms with Crippen molar-refractivity contribution >= 4 is 64.8 Å². The SMILES string of the molecule is CCO[Si](OCC)(OCC)c1ccc(C=Cc2ccc(-c3c(C)c4ccc(N(CC)CC)cc4oc3=O)s2)s1. The van der Waals surface area contributed by atoms with E-state index in [2.05, 4.69) is 49.1 Å². The Balaban J connectivity index is 1.60. The van der Waals surface area contributed by atoms with E-state index >= 15 is 0 Å². The van der Waals surface area contributed by atoms with Gasteiger partial charge in [0.1, 0.15) is 5.58 Å². The summed E-state index contributed by atoms with van der Waals surface area (Å²) in [6, 6.07) is 14.3. The number of hydrogen-bond donors (Lipinski definition) is 0. The van der Waals surface area contributed by atoms with E-state index in [1.54, 1.807) is 22.7 Å². The van der Waals surface area contributed by atoms with Gasteiger partial charge in [-0.2, -0.15) is 0 Å². The van der Waals surface area contributed by atoms with Gasteiger partial charge in [0.15, 0.2) is 0 Å². The molecule has 3 aromatic heterocycles. The average molecular weight is 584 g/mol. The van der Waals surface area contributed by atoms with Gasteiger partial charge in [-0.05, 0) is 95.7 Å².